The maximum Gasteiger partial charge on any atom is 0.113 e. The lowest BCUT2D eigenvalue weighted by atomic mass is 10.2. The van der Waals surface area contributed by atoms with E-state index >= 15 is 0 Å². The number of hydrogen-bond acceptors (Lipinski definition) is 2. The molecule has 0 aliphatic carbocycles. The van der Waals surface area contributed by atoms with E-state index in [1.807, 2.05) is 35.4 Å². The summed E-state index contributed by atoms with van der Waals surface area (Å²) in [5, 5.41) is 9.16. The van der Waals surface area contributed by atoms with Crippen LogP contribution in [0.4, 0.5) is 0 Å². The molecule has 0 saturated carbocycles. The van der Waals surface area contributed by atoms with Crippen LogP contribution in [0.1, 0.15) is 6.42 Å². The van der Waals surface area contributed by atoms with Gasteiger partial charge in [-0.25, -0.2) is 0 Å². The van der Waals surface area contributed by atoms with Gasteiger partial charge < -0.3 is 10.0 Å². The van der Waals surface area contributed by atoms with Crippen LogP contribution in [0.5, 0.6) is 0 Å². The third kappa shape index (κ3) is 1.07. The molecule has 2 nitrogen and oxygen atoms in total. The molecule has 0 saturated heterocycles. The Balaban J connectivity index is 2.31. The van der Waals surface area contributed by atoms with Crippen molar-refractivity contribution in [3.8, 4) is 0 Å². The summed E-state index contributed by atoms with van der Waals surface area (Å²) < 4.78 is 0. The first-order valence-corrected chi connectivity index (χ1v) is 3.59. The maximum atomic E-state index is 9.16. The van der Waals surface area contributed by atoms with Crippen molar-refractivity contribution in [2.24, 2.45) is 0 Å². The Morgan fingerprint density at radius 1 is 1.36 bits per heavy atom. The van der Waals surface area contributed by atoms with Crippen LogP contribution >= 0.6 is 0 Å². The minimum absolute atomic E-state index is 0.411. The SMILES string of the molecule is OC1=CN2C=CC=CC2=CC1. The molecule has 11 heavy (non-hydrogen) atoms. The molecule has 0 spiro atoms. The van der Waals surface area contributed by atoms with Crippen molar-refractivity contribution in [2.45, 2.75) is 6.42 Å². The van der Waals surface area contributed by atoms with Crippen LogP contribution in [-0.4, -0.2) is 10.0 Å². The van der Waals surface area contributed by atoms with Gasteiger partial charge in [0.25, 0.3) is 0 Å². The molecule has 0 bridgehead atoms. The number of fused-ring (bicyclic) bond motifs is 1. The lowest BCUT2D eigenvalue weighted by Crippen LogP contribution is -2.13. The monoisotopic (exact) mass is 147 g/mol. The van der Waals surface area contributed by atoms with Gasteiger partial charge in [0, 0.05) is 24.5 Å². The molecule has 0 unspecified atom stereocenters. The van der Waals surface area contributed by atoms with Crippen LogP contribution in [0.2, 0.25) is 0 Å². The zero-order valence-electron chi connectivity index (χ0n) is 6.07. The van der Waals surface area contributed by atoms with Crippen LogP contribution in [-0.2, 0) is 0 Å². The number of hydrogen-bond donors (Lipinski definition) is 1. The van der Waals surface area contributed by atoms with Crippen molar-refractivity contribution < 1.29 is 5.11 Å². The molecule has 2 aliphatic heterocycles. The average Bonchev–Trinajstić information content (AvgIpc) is 2.04. The molecule has 0 atom stereocenters. The minimum Gasteiger partial charge on any atom is -0.510 e. The zero-order valence-corrected chi connectivity index (χ0v) is 6.07. The molecular weight excluding hydrogens is 138 g/mol. The molecule has 2 heteroatoms. The summed E-state index contributed by atoms with van der Waals surface area (Å²) in [6.45, 7) is 0. The Bertz CT molecular complexity index is 284. The van der Waals surface area contributed by atoms with Crippen molar-refractivity contribution in [3.05, 3.63) is 48.2 Å². The first-order chi connectivity index (χ1) is 5.36. The lowest BCUT2D eigenvalue weighted by molar-refractivity contribution is 0.378. The number of nitrogens with zero attached hydrogens (tertiary/aromatic N) is 1. The Hall–Kier alpha value is -1.44. The summed E-state index contributed by atoms with van der Waals surface area (Å²) in [6.07, 6.45) is 12.2. The van der Waals surface area contributed by atoms with Crippen LogP contribution < -0.4 is 0 Å². The minimum atomic E-state index is 0.411. The van der Waals surface area contributed by atoms with Crippen molar-refractivity contribution in [2.75, 3.05) is 0 Å². The molecule has 56 valence electrons. The molecule has 0 aromatic carbocycles. The van der Waals surface area contributed by atoms with Gasteiger partial charge in [-0.2, -0.15) is 0 Å². The molecule has 0 radical (unpaired) electrons. The summed E-state index contributed by atoms with van der Waals surface area (Å²) in [5.74, 6) is 0.411. The van der Waals surface area contributed by atoms with Crippen molar-refractivity contribution in [1.29, 1.82) is 0 Å². The van der Waals surface area contributed by atoms with Gasteiger partial charge in [-0.15, -0.1) is 0 Å². The van der Waals surface area contributed by atoms with Gasteiger partial charge in [-0.1, -0.05) is 12.2 Å². The van der Waals surface area contributed by atoms with Crippen molar-refractivity contribution >= 4 is 0 Å². The van der Waals surface area contributed by atoms with Gasteiger partial charge in [0.15, 0.2) is 0 Å². The molecule has 2 rings (SSSR count). The predicted octanol–water partition coefficient (Wildman–Crippen LogP) is 2.06. The fraction of sp³-hybridized carbons (Fsp3) is 0.111. The molecule has 0 amide bonds. The lowest BCUT2D eigenvalue weighted by Gasteiger charge is -2.22. The standard InChI is InChI=1S/C9H9NO/c11-9-5-4-8-3-1-2-6-10(8)7-9/h1-4,6-7,11H,5H2. The Labute approximate surface area is 65.4 Å². The summed E-state index contributed by atoms with van der Waals surface area (Å²) in [6, 6.07) is 0. The highest BCUT2D eigenvalue weighted by molar-refractivity contribution is 5.33. The predicted molar refractivity (Wildman–Crippen MR) is 43.5 cm³/mol. The third-order valence-corrected chi connectivity index (χ3v) is 1.73. The van der Waals surface area contributed by atoms with E-state index in [-0.39, 0.29) is 0 Å². The van der Waals surface area contributed by atoms with Gasteiger partial charge in [0.2, 0.25) is 0 Å². The highest BCUT2D eigenvalue weighted by atomic mass is 16.3. The van der Waals surface area contributed by atoms with E-state index in [1.54, 1.807) is 6.20 Å². The van der Waals surface area contributed by atoms with Crippen molar-refractivity contribution in [3.63, 3.8) is 0 Å². The van der Waals surface area contributed by atoms with E-state index < -0.39 is 0 Å². The zero-order chi connectivity index (χ0) is 7.68. The van der Waals surface area contributed by atoms with Crippen LogP contribution in [0, 0.1) is 0 Å². The van der Waals surface area contributed by atoms with Crippen LogP contribution in [0.15, 0.2) is 48.2 Å². The number of rotatable bonds is 0. The molecule has 2 aliphatic rings. The van der Waals surface area contributed by atoms with Gasteiger partial charge in [0.1, 0.15) is 5.76 Å². The largest absolute Gasteiger partial charge is 0.510 e. The van der Waals surface area contributed by atoms with E-state index in [9.17, 15) is 0 Å². The normalized spacial score (nSPS) is 20.9. The molecular formula is C9H9NO. The summed E-state index contributed by atoms with van der Waals surface area (Å²) in [4.78, 5) is 1.90. The second-order valence-corrected chi connectivity index (χ2v) is 2.56. The second-order valence-electron chi connectivity index (χ2n) is 2.56. The van der Waals surface area contributed by atoms with E-state index in [1.165, 1.54) is 0 Å². The topological polar surface area (TPSA) is 23.5 Å². The molecule has 0 aromatic heterocycles. The highest BCUT2D eigenvalue weighted by Crippen LogP contribution is 2.20. The number of aliphatic hydroxyl groups excluding tert-OH is 1. The maximum absolute atomic E-state index is 9.16. The van der Waals surface area contributed by atoms with Gasteiger partial charge >= 0.3 is 0 Å². The van der Waals surface area contributed by atoms with Gasteiger partial charge in [0.05, 0.1) is 0 Å². The van der Waals surface area contributed by atoms with E-state index in [0.29, 0.717) is 12.2 Å². The molecule has 0 aromatic rings. The van der Waals surface area contributed by atoms with E-state index in [2.05, 4.69) is 0 Å². The Kier molecular flexibility index (Phi) is 1.32. The first-order valence-electron chi connectivity index (χ1n) is 3.59. The fourth-order valence-corrected chi connectivity index (χ4v) is 1.18. The Morgan fingerprint density at radius 2 is 2.27 bits per heavy atom. The number of allylic oxidation sites excluding steroid dienone is 4. The quantitative estimate of drug-likeness (QED) is 0.567. The van der Waals surface area contributed by atoms with Crippen molar-refractivity contribution in [1.82, 2.24) is 4.90 Å². The first kappa shape index (κ1) is 6.28. The Morgan fingerprint density at radius 3 is 3.18 bits per heavy atom. The smallest absolute Gasteiger partial charge is 0.113 e. The summed E-state index contributed by atoms with van der Waals surface area (Å²) in [5.41, 5.74) is 1.13. The summed E-state index contributed by atoms with van der Waals surface area (Å²) in [7, 11) is 0. The van der Waals surface area contributed by atoms with E-state index in [4.69, 9.17) is 5.11 Å². The fourth-order valence-electron chi connectivity index (χ4n) is 1.18. The highest BCUT2D eigenvalue weighted by Gasteiger charge is 2.09. The average molecular weight is 147 g/mol. The van der Waals surface area contributed by atoms with E-state index in [0.717, 1.165) is 5.70 Å². The van der Waals surface area contributed by atoms with Gasteiger partial charge in [-0.05, 0) is 12.2 Å². The molecule has 1 N–H and O–H groups in total. The van der Waals surface area contributed by atoms with Crippen LogP contribution in [0.25, 0.3) is 0 Å². The molecule has 0 fully saturated rings. The van der Waals surface area contributed by atoms with Gasteiger partial charge in [-0.3, -0.25) is 0 Å². The number of aliphatic hydroxyl groups is 1. The van der Waals surface area contributed by atoms with Crippen LogP contribution in [0.3, 0.4) is 0 Å². The summed E-state index contributed by atoms with van der Waals surface area (Å²) >= 11 is 0. The second kappa shape index (κ2) is 2.31. The third-order valence-electron chi connectivity index (χ3n) is 1.73. The molecule has 2 heterocycles.